The topological polar surface area (TPSA) is 38.3 Å². The first-order valence-electron chi connectivity index (χ1n) is 5.61. The lowest BCUT2D eigenvalue weighted by Crippen LogP contribution is -2.39. The Hall–Kier alpha value is -0.570. The highest BCUT2D eigenvalue weighted by Crippen LogP contribution is 2.21. The van der Waals surface area contributed by atoms with Crippen LogP contribution in [0.2, 0.25) is 0 Å². The number of rotatable bonds is 5. The molecule has 0 bridgehead atoms. The molecule has 0 saturated carbocycles. The fourth-order valence-corrected chi connectivity index (χ4v) is 0.909. The van der Waals surface area contributed by atoms with Crippen molar-refractivity contribution in [1.82, 2.24) is 5.32 Å². The molecular weight excluding hydrogens is 190 g/mol. The van der Waals surface area contributed by atoms with Gasteiger partial charge >= 0.3 is 5.97 Å². The van der Waals surface area contributed by atoms with Gasteiger partial charge in [0, 0.05) is 12.1 Å². The standard InChI is InChI=1S/C12H25NO2/c1-7-12(5,6)10(14)15-9-8-13-11(2,3)4/h13H,7-9H2,1-6H3. The van der Waals surface area contributed by atoms with Crippen molar-refractivity contribution in [2.24, 2.45) is 5.41 Å². The monoisotopic (exact) mass is 215 g/mol. The average molecular weight is 215 g/mol. The van der Waals surface area contributed by atoms with Crippen molar-refractivity contribution in [2.45, 2.75) is 53.5 Å². The van der Waals surface area contributed by atoms with Crippen molar-refractivity contribution in [2.75, 3.05) is 13.2 Å². The van der Waals surface area contributed by atoms with Crippen LogP contribution in [0.15, 0.2) is 0 Å². The average Bonchev–Trinajstić information content (AvgIpc) is 2.10. The molecule has 0 heterocycles. The van der Waals surface area contributed by atoms with Crippen molar-refractivity contribution in [3.63, 3.8) is 0 Å². The summed E-state index contributed by atoms with van der Waals surface area (Å²) in [5.41, 5.74) is -0.283. The zero-order chi connectivity index (χ0) is 12.1. The van der Waals surface area contributed by atoms with E-state index >= 15 is 0 Å². The quantitative estimate of drug-likeness (QED) is 0.565. The zero-order valence-electron chi connectivity index (χ0n) is 10.9. The predicted octanol–water partition coefficient (Wildman–Crippen LogP) is 2.35. The molecule has 0 aliphatic carbocycles. The summed E-state index contributed by atoms with van der Waals surface area (Å²) in [4.78, 5) is 11.6. The highest BCUT2D eigenvalue weighted by Gasteiger charge is 2.26. The molecule has 1 N–H and O–H groups in total. The van der Waals surface area contributed by atoms with Gasteiger partial charge in [0.05, 0.1) is 5.41 Å². The molecule has 0 fully saturated rings. The van der Waals surface area contributed by atoms with Gasteiger partial charge in [0.15, 0.2) is 0 Å². The number of nitrogens with one attached hydrogen (secondary N) is 1. The van der Waals surface area contributed by atoms with E-state index in [0.29, 0.717) is 13.2 Å². The summed E-state index contributed by atoms with van der Waals surface area (Å²) in [6, 6.07) is 0. The Bertz CT molecular complexity index is 204. The summed E-state index contributed by atoms with van der Waals surface area (Å²) >= 11 is 0. The molecule has 0 aliphatic heterocycles. The van der Waals surface area contributed by atoms with Gasteiger partial charge in [-0.15, -0.1) is 0 Å². The van der Waals surface area contributed by atoms with Crippen LogP contribution in [-0.4, -0.2) is 24.7 Å². The molecule has 0 aromatic heterocycles. The Kier molecular flexibility index (Phi) is 5.29. The molecule has 0 aromatic rings. The largest absolute Gasteiger partial charge is 0.464 e. The van der Waals surface area contributed by atoms with Crippen LogP contribution in [0.25, 0.3) is 0 Å². The number of carbonyl (C=O) groups excluding carboxylic acids is 1. The van der Waals surface area contributed by atoms with E-state index in [-0.39, 0.29) is 16.9 Å². The fourth-order valence-electron chi connectivity index (χ4n) is 0.909. The minimum absolute atomic E-state index is 0.0761. The molecule has 0 atom stereocenters. The van der Waals surface area contributed by atoms with Gasteiger partial charge in [0.25, 0.3) is 0 Å². The second-order valence-corrected chi connectivity index (χ2v) is 5.55. The maximum atomic E-state index is 11.6. The number of ether oxygens (including phenoxy) is 1. The summed E-state index contributed by atoms with van der Waals surface area (Å²) in [6.45, 7) is 13.2. The van der Waals surface area contributed by atoms with Crippen LogP contribution in [0.1, 0.15) is 48.0 Å². The van der Waals surface area contributed by atoms with Crippen molar-refractivity contribution in [1.29, 1.82) is 0 Å². The first-order valence-corrected chi connectivity index (χ1v) is 5.61. The summed E-state index contributed by atoms with van der Waals surface area (Å²) < 4.78 is 5.19. The van der Waals surface area contributed by atoms with E-state index in [9.17, 15) is 4.79 Å². The van der Waals surface area contributed by atoms with Crippen LogP contribution in [-0.2, 0) is 9.53 Å². The SMILES string of the molecule is CCC(C)(C)C(=O)OCCNC(C)(C)C. The first-order chi connectivity index (χ1) is 6.69. The van der Waals surface area contributed by atoms with Crippen molar-refractivity contribution in [3.05, 3.63) is 0 Å². The van der Waals surface area contributed by atoms with Gasteiger partial charge in [0.1, 0.15) is 6.61 Å². The molecule has 0 rings (SSSR count). The normalized spacial score (nSPS) is 12.7. The Morgan fingerprint density at radius 3 is 2.13 bits per heavy atom. The number of hydrogen-bond acceptors (Lipinski definition) is 3. The highest BCUT2D eigenvalue weighted by molar-refractivity contribution is 5.75. The molecule has 90 valence electrons. The third-order valence-corrected chi connectivity index (χ3v) is 2.43. The smallest absolute Gasteiger partial charge is 0.311 e. The van der Waals surface area contributed by atoms with E-state index in [1.807, 2.05) is 20.8 Å². The van der Waals surface area contributed by atoms with Crippen LogP contribution in [0, 0.1) is 5.41 Å². The van der Waals surface area contributed by atoms with Crippen molar-refractivity contribution < 1.29 is 9.53 Å². The van der Waals surface area contributed by atoms with Gasteiger partial charge in [-0.2, -0.15) is 0 Å². The van der Waals surface area contributed by atoms with Crippen LogP contribution in [0.3, 0.4) is 0 Å². The molecular formula is C12H25NO2. The van der Waals surface area contributed by atoms with Gasteiger partial charge in [-0.25, -0.2) is 0 Å². The lowest BCUT2D eigenvalue weighted by Gasteiger charge is -2.23. The molecule has 3 heteroatoms. The Morgan fingerprint density at radius 1 is 1.20 bits per heavy atom. The minimum Gasteiger partial charge on any atom is -0.464 e. The minimum atomic E-state index is -0.359. The molecule has 0 aromatic carbocycles. The van der Waals surface area contributed by atoms with Crippen LogP contribution >= 0.6 is 0 Å². The molecule has 0 saturated heterocycles. The molecule has 0 unspecified atom stereocenters. The summed E-state index contributed by atoms with van der Waals surface area (Å²) in [7, 11) is 0. The number of hydrogen-bond donors (Lipinski definition) is 1. The van der Waals surface area contributed by atoms with Crippen molar-refractivity contribution >= 4 is 5.97 Å². The van der Waals surface area contributed by atoms with E-state index in [1.165, 1.54) is 0 Å². The Morgan fingerprint density at radius 2 is 1.73 bits per heavy atom. The maximum Gasteiger partial charge on any atom is 0.311 e. The van der Waals surface area contributed by atoms with Crippen LogP contribution in [0.5, 0.6) is 0 Å². The maximum absolute atomic E-state index is 11.6. The van der Waals surface area contributed by atoms with Crippen molar-refractivity contribution in [3.8, 4) is 0 Å². The highest BCUT2D eigenvalue weighted by atomic mass is 16.5. The molecule has 0 aliphatic rings. The molecule has 0 amide bonds. The molecule has 15 heavy (non-hydrogen) atoms. The second-order valence-electron chi connectivity index (χ2n) is 5.55. The van der Waals surface area contributed by atoms with E-state index < -0.39 is 0 Å². The zero-order valence-corrected chi connectivity index (χ0v) is 10.9. The van der Waals surface area contributed by atoms with Gasteiger partial charge in [-0.1, -0.05) is 6.92 Å². The van der Waals surface area contributed by atoms with Gasteiger partial charge < -0.3 is 10.1 Å². The summed E-state index contributed by atoms with van der Waals surface area (Å²) in [6.07, 6.45) is 0.804. The summed E-state index contributed by atoms with van der Waals surface area (Å²) in [5, 5.41) is 3.27. The van der Waals surface area contributed by atoms with Gasteiger partial charge in [0.2, 0.25) is 0 Å². The molecule has 3 nitrogen and oxygen atoms in total. The van der Waals surface area contributed by atoms with Gasteiger partial charge in [-0.3, -0.25) is 4.79 Å². The number of esters is 1. The fraction of sp³-hybridized carbons (Fsp3) is 0.917. The molecule has 0 radical (unpaired) electrons. The van der Waals surface area contributed by atoms with E-state index in [0.717, 1.165) is 6.42 Å². The van der Waals surface area contributed by atoms with Gasteiger partial charge in [-0.05, 0) is 41.0 Å². The lowest BCUT2D eigenvalue weighted by molar-refractivity contribution is -0.154. The van der Waals surface area contributed by atoms with E-state index in [2.05, 4.69) is 26.1 Å². The van der Waals surface area contributed by atoms with Crippen LogP contribution in [0.4, 0.5) is 0 Å². The lowest BCUT2D eigenvalue weighted by atomic mass is 9.91. The Labute approximate surface area is 93.6 Å². The van der Waals surface area contributed by atoms with E-state index in [4.69, 9.17) is 4.74 Å². The third-order valence-electron chi connectivity index (χ3n) is 2.43. The second kappa shape index (κ2) is 5.50. The third kappa shape index (κ3) is 6.50. The predicted molar refractivity (Wildman–Crippen MR) is 62.8 cm³/mol. The molecule has 0 spiro atoms. The Balaban J connectivity index is 3.74. The first kappa shape index (κ1) is 14.4. The summed E-state index contributed by atoms with van der Waals surface area (Å²) in [5.74, 6) is -0.110. The van der Waals surface area contributed by atoms with Crippen LogP contribution < -0.4 is 5.32 Å². The van der Waals surface area contributed by atoms with E-state index in [1.54, 1.807) is 0 Å². The number of carbonyl (C=O) groups is 1.